The standard InChI is InChI=1S/C9H16O2/c1-6-5-9(2,3)8(11)4-7(6)10/h6,8,11H,4-5H2,1-3H3. The van der Waals surface area contributed by atoms with Gasteiger partial charge in [0.2, 0.25) is 0 Å². The summed E-state index contributed by atoms with van der Waals surface area (Å²) in [6.07, 6.45) is 0.715. The monoisotopic (exact) mass is 156 g/mol. The smallest absolute Gasteiger partial charge is 0.138 e. The summed E-state index contributed by atoms with van der Waals surface area (Å²) in [7, 11) is 0. The van der Waals surface area contributed by atoms with E-state index in [0.717, 1.165) is 6.42 Å². The molecule has 2 atom stereocenters. The molecule has 2 heteroatoms. The number of hydrogen-bond donors (Lipinski definition) is 1. The van der Waals surface area contributed by atoms with Gasteiger partial charge in [-0.25, -0.2) is 0 Å². The lowest BCUT2D eigenvalue weighted by atomic mass is 9.70. The maximum absolute atomic E-state index is 11.1. The average molecular weight is 156 g/mol. The largest absolute Gasteiger partial charge is 0.392 e. The molecule has 0 amide bonds. The van der Waals surface area contributed by atoms with E-state index in [4.69, 9.17) is 0 Å². The van der Waals surface area contributed by atoms with Gasteiger partial charge in [-0.15, -0.1) is 0 Å². The SMILES string of the molecule is CC1CC(C)(C)C(O)CC1=O. The highest BCUT2D eigenvalue weighted by molar-refractivity contribution is 5.82. The summed E-state index contributed by atoms with van der Waals surface area (Å²) in [4.78, 5) is 11.1. The summed E-state index contributed by atoms with van der Waals surface area (Å²) in [6.45, 7) is 5.97. The second kappa shape index (κ2) is 2.59. The van der Waals surface area contributed by atoms with Gasteiger partial charge in [-0.2, -0.15) is 0 Å². The molecule has 1 saturated carbocycles. The number of hydrogen-bond acceptors (Lipinski definition) is 2. The average Bonchev–Trinajstić information content (AvgIpc) is 1.83. The van der Waals surface area contributed by atoms with Crippen LogP contribution >= 0.6 is 0 Å². The highest BCUT2D eigenvalue weighted by Gasteiger charge is 2.38. The van der Waals surface area contributed by atoms with E-state index >= 15 is 0 Å². The molecule has 11 heavy (non-hydrogen) atoms. The van der Waals surface area contributed by atoms with Crippen LogP contribution in [0.15, 0.2) is 0 Å². The number of carbonyl (C=O) groups excluding carboxylic acids is 1. The van der Waals surface area contributed by atoms with Gasteiger partial charge in [0.05, 0.1) is 6.10 Å². The number of aliphatic hydroxyl groups is 1. The highest BCUT2D eigenvalue weighted by Crippen LogP contribution is 2.36. The van der Waals surface area contributed by atoms with Gasteiger partial charge < -0.3 is 5.11 Å². The summed E-state index contributed by atoms with van der Waals surface area (Å²) < 4.78 is 0. The lowest BCUT2D eigenvalue weighted by molar-refractivity contribution is -0.132. The van der Waals surface area contributed by atoms with E-state index in [1.54, 1.807) is 0 Å². The zero-order valence-corrected chi connectivity index (χ0v) is 7.42. The number of Topliss-reactive ketones (excluding diaryl/α,β-unsaturated/α-hetero) is 1. The minimum Gasteiger partial charge on any atom is -0.392 e. The van der Waals surface area contributed by atoms with Crippen molar-refractivity contribution in [3.8, 4) is 0 Å². The van der Waals surface area contributed by atoms with Gasteiger partial charge in [0.1, 0.15) is 5.78 Å². The Bertz CT molecular complexity index is 172. The van der Waals surface area contributed by atoms with Gasteiger partial charge in [-0.3, -0.25) is 4.79 Å². The van der Waals surface area contributed by atoms with Crippen molar-refractivity contribution in [1.29, 1.82) is 0 Å². The molecule has 0 spiro atoms. The molecule has 0 radical (unpaired) electrons. The minimum atomic E-state index is -0.439. The van der Waals surface area contributed by atoms with Crippen LogP contribution in [0.5, 0.6) is 0 Å². The Balaban J connectivity index is 2.70. The number of rotatable bonds is 0. The molecule has 64 valence electrons. The van der Waals surface area contributed by atoms with Gasteiger partial charge in [0.25, 0.3) is 0 Å². The van der Waals surface area contributed by atoms with Gasteiger partial charge in [0.15, 0.2) is 0 Å². The molecule has 1 fully saturated rings. The number of aliphatic hydroxyl groups excluding tert-OH is 1. The molecule has 1 aliphatic carbocycles. The maximum Gasteiger partial charge on any atom is 0.138 e. The maximum atomic E-state index is 11.1. The van der Waals surface area contributed by atoms with Crippen LogP contribution in [-0.4, -0.2) is 17.0 Å². The zero-order chi connectivity index (χ0) is 8.65. The van der Waals surface area contributed by atoms with Gasteiger partial charge in [0, 0.05) is 12.3 Å². The third-order valence-corrected chi connectivity index (χ3v) is 2.68. The Morgan fingerprint density at radius 3 is 2.55 bits per heavy atom. The fourth-order valence-corrected chi connectivity index (χ4v) is 1.71. The van der Waals surface area contributed by atoms with E-state index in [-0.39, 0.29) is 17.1 Å². The lowest BCUT2D eigenvalue weighted by Crippen LogP contribution is -2.40. The van der Waals surface area contributed by atoms with E-state index in [0.29, 0.717) is 6.42 Å². The molecule has 0 aromatic carbocycles. The molecule has 2 nitrogen and oxygen atoms in total. The van der Waals surface area contributed by atoms with Crippen molar-refractivity contribution in [3.05, 3.63) is 0 Å². The first-order valence-corrected chi connectivity index (χ1v) is 4.14. The Labute approximate surface area is 67.6 Å². The predicted molar refractivity (Wildman–Crippen MR) is 43.2 cm³/mol. The van der Waals surface area contributed by atoms with Crippen molar-refractivity contribution in [1.82, 2.24) is 0 Å². The molecule has 0 aromatic rings. The van der Waals surface area contributed by atoms with Crippen LogP contribution in [-0.2, 0) is 4.79 Å². The summed E-state index contributed by atoms with van der Waals surface area (Å²) >= 11 is 0. The summed E-state index contributed by atoms with van der Waals surface area (Å²) in [6, 6.07) is 0. The molecule has 1 N–H and O–H groups in total. The first-order chi connectivity index (χ1) is 4.93. The Morgan fingerprint density at radius 2 is 2.09 bits per heavy atom. The second-order valence-corrected chi connectivity index (χ2v) is 4.28. The van der Waals surface area contributed by atoms with Gasteiger partial charge in [-0.1, -0.05) is 20.8 Å². The summed E-state index contributed by atoms with van der Waals surface area (Å²) in [5.41, 5.74) is -0.0761. The summed E-state index contributed by atoms with van der Waals surface area (Å²) in [5.74, 6) is 0.338. The first-order valence-electron chi connectivity index (χ1n) is 4.14. The van der Waals surface area contributed by atoms with Gasteiger partial charge >= 0.3 is 0 Å². The van der Waals surface area contributed by atoms with Crippen molar-refractivity contribution in [2.75, 3.05) is 0 Å². The van der Waals surface area contributed by atoms with Crippen LogP contribution < -0.4 is 0 Å². The van der Waals surface area contributed by atoms with Crippen LogP contribution in [0.4, 0.5) is 0 Å². The zero-order valence-electron chi connectivity index (χ0n) is 7.42. The minimum absolute atomic E-state index is 0.0761. The van der Waals surface area contributed by atoms with Crippen molar-refractivity contribution in [2.24, 2.45) is 11.3 Å². The van der Waals surface area contributed by atoms with Crippen molar-refractivity contribution in [2.45, 2.75) is 39.7 Å². The number of carbonyl (C=O) groups is 1. The van der Waals surface area contributed by atoms with Crippen LogP contribution in [0.3, 0.4) is 0 Å². The molecule has 0 aliphatic heterocycles. The summed E-state index contributed by atoms with van der Waals surface area (Å²) in [5, 5.41) is 9.50. The van der Waals surface area contributed by atoms with E-state index in [2.05, 4.69) is 0 Å². The van der Waals surface area contributed by atoms with Crippen LogP contribution in [0.1, 0.15) is 33.6 Å². The van der Waals surface area contributed by atoms with Gasteiger partial charge in [-0.05, 0) is 11.8 Å². The van der Waals surface area contributed by atoms with Crippen LogP contribution in [0.25, 0.3) is 0 Å². The third-order valence-electron chi connectivity index (χ3n) is 2.68. The van der Waals surface area contributed by atoms with E-state index < -0.39 is 6.10 Å². The fourth-order valence-electron chi connectivity index (χ4n) is 1.71. The van der Waals surface area contributed by atoms with Crippen molar-refractivity contribution >= 4 is 5.78 Å². The first kappa shape index (κ1) is 8.72. The second-order valence-electron chi connectivity index (χ2n) is 4.28. The lowest BCUT2D eigenvalue weighted by Gasteiger charge is -2.37. The molecular weight excluding hydrogens is 140 g/mol. The highest BCUT2D eigenvalue weighted by atomic mass is 16.3. The number of ketones is 1. The van der Waals surface area contributed by atoms with Crippen molar-refractivity contribution in [3.63, 3.8) is 0 Å². The Morgan fingerprint density at radius 1 is 1.55 bits per heavy atom. The molecule has 0 heterocycles. The van der Waals surface area contributed by atoms with Crippen molar-refractivity contribution < 1.29 is 9.90 Å². The fraction of sp³-hybridized carbons (Fsp3) is 0.889. The molecule has 1 aliphatic rings. The topological polar surface area (TPSA) is 37.3 Å². The predicted octanol–water partition coefficient (Wildman–Crippen LogP) is 1.37. The molecule has 0 bridgehead atoms. The normalized spacial score (nSPS) is 37.3. The third kappa shape index (κ3) is 1.62. The quantitative estimate of drug-likeness (QED) is 0.575. The molecule has 1 rings (SSSR count). The molecule has 0 aromatic heterocycles. The van der Waals surface area contributed by atoms with E-state index in [9.17, 15) is 9.90 Å². The Kier molecular flexibility index (Phi) is 2.06. The van der Waals surface area contributed by atoms with Crippen LogP contribution in [0.2, 0.25) is 0 Å². The molecule has 2 unspecified atom stereocenters. The molecule has 0 saturated heterocycles. The van der Waals surface area contributed by atoms with E-state index in [1.807, 2.05) is 20.8 Å². The molecular formula is C9H16O2. The van der Waals surface area contributed by atoms with Crippen LogP contribution in [0, 0.1) is 11.3 Å². The Hall–Kier alpha value is -0.370. The van der Waals surface area contributed by atoms with E-state index in [1.165, 1.54) is 0 Å².